The van der Waals surface area contributed by atoms with Crippen LogP contribution in [0, 0.1) is 5.92 Å². The fourth-order valence-electron chi connectivity index (χ4n) is 1.15. The maximum atomic E-state index is 11.6. The summed E-state index contributed by atoms with van der Waals surface area (Å²) in [5.41, 5.74) is 0.697. The zero-order valence-corrected chi connectivity index (χ0v) is 10.1. The number of thioether (sulfide) groups is 1. The van der Waals surface area contributed by atoms with E-state index < -0.39 is 0 Å². The highest BCUT2D eigenvalue weighted by Gasteiger charge is 2.11. The quantitative estimate of drug-likeness (QED) is 0.577. The number of hydrogen-bond acceptors (Lipinski definition) is 2. The summed E-state index contributed by atoms with van der Waals surface area (Å²) in [6, 6.07) is 5.47. The molecule has 3 heteroatoms. The molecule has 0 amide bonds. The number of ketones is 1. The molecule has 1 rings (SSSR count). The number of hydrogen-bond donors (Lipinski definition) is 0. The van der Waals surface area contributed by atoms with E-state index in [0.717, 1.165) is 4.90 Å². The van der Waals surface area contributed by atoms with E-state index in [4.69, 9.17) is 11.6 Å². The van der Waals surface area contributed by atoms with Gasteiger partial charge in [0.05, 0.1) is 5.02 Å². The average molecular weight is 229 g/mol. The first-order chi connectivity index (χ1) is 6.56. The third-order valence-electron chi connectivity index (χ3n) is 1.96. The molecule has 0 aliphatic carbocycles. The van der Waals surface area contributed by atoms with Gasteiger partial charge in [0, 0.05) is 16.4 Å². The molecule has 1 aromatic carbocycles. The summed E-state index contributed by atoms with van der Waals surface area (Å²) in [6.07, 6.45) is 1.96. The van der Waals surface area contributed by atoms with Crippen LogP contribution in [-0.2, 0) is 0 Å². The third kappa shape index (κ3) is 2.52. The number of Topliss-reactive ketones (excluding diaryl/α,β-unsaturated/α-hetero) is 1. The first-order valence-corrected chi connectivity index (χ1v) is 6.04. The normalized spacial score (nSPS) is 10.6. The van der Waals surface area contributed by atoms with Crippen LogP contribution < -0.4 is 0 Å². The van der Waals surface area contributed by atoms with Crippen molar-refractivity contribution in [2.45, 2.75) is 18.7 Å². The molecule has 14 heavy (non-hydrogen) atoms. The van der Waals surface area contributed by atoms with Crippen molar-refractivity contribution in [2.24, 2.45) is 5.92 Å². The van der Waals surface area contributed by atoms with Gasteiger partial charge < -0.3 is 0 Å². The smallest absolute Gasteiger partial charge is 0.165 e. The van der Waals surface area contributed by atoms with Crippen molar-refractivity contribution in [3.8, 4) is 0 Å². The number of rotatable bonds is 3. The lowest BCUT2D eigenvalue weighted by Crippen LogP contribution is -2.07. The molecule has 0 aromatic heterocycles. The van der Waals surface area contributed by atoms with Gasteiger partial charge in [0.25, 0.3) is 0 Å². The van der Waals surface area contributed by atoms with Gasteiger partial charge in [-0.25, -0.2) is 0 Å². The van der Waals surface area contributed by atoms with Crippen LogP contribution in [0.25, 0.3) is 0 Å². The second-order valence-corrected chi connectivity index (χ2v) is 4.62. The Morgan fingerprint density at radius 2 is 2.07 bits per heavy atom. The summed E-state index contributed by atoms with van der Waals surface area (Å²) in [7, 11) is 0. The van der Waals surface area contributed by atoms with Gasteiger partial charge in [0.1, 0.15) is 0 Å². The summed E-state index contributed by atoms with van der Waals surface area (Å²) in [6.45, 7) is 3.78. The Morgan fingerprint density at radius 3 is 2.50 bits per heavy atom. The van der Waals surface area contributed by atoms with Crippen LogP contribution in [0.15, 0.2) is 23.1 Å². The molecule has 1 aromatic rings. The van der Waals surface area contributed by atoms with Crippen LogP contribution in [0.3, 0.4) is 0 Å². The van der Waals surface area contributed by atoms with E-state index in [1.807, 2.05) is 32.2 Å². The van der Waals surface area contributed by atoms with Crippen molar-refractivity contribution in [1.29, 1.82) is 0 Å². The molecule has 76 valence electrons. The Bertz CT molecular complexity index is 347. The fraction of sp³-hybridized carbons (Fsp3) is 0.364. The monoisotopic (exact) mass is 228 g/mol. The molecular weight excluding hydrogens is 216 g/mol. The maximum absolute atomic E-state index is 11.6. The molecular formula is C11H13ClOS. The predicted molar refractivity (Wildman–Crippen MR) is 62.4 cm³/mol. The molecule has 0 N–H and O–H groups in total. The maximum Gasteiger partial charge on any atom is 0.165 e. The fourth-order valence-corrected chi connectivity index (χ4v) is 2.02. The lowest BCUT2D eigenvalue weighted by molar-refractivity contribution is 0.0939. The lowest BCUT2D eigenvalue weighted by Gasteiger charge is -2.06. The molecule has 0 aliphatic heterocycles. The summed E-state index contributed by atoms with van der Waals surface area (Å²) >= 11 is 7.59. The highest BCUT2D eigenvalue weighted by molar-refractivity contribution is 7.98. The molecule has 0 saturated carbocycles. The minimum atomic E-state index is 0.0196. The van der Waals surface area contributed by atoms with E-state index in [1.54, 1.807) is 17.8 Å². The minimum absolute atomic E-state index is 0.0196. The third-order valence-corrected chi connectivity index (χ3v) is 3.18. The summed E-state index contributed by atoms with van der Waals surface area (Å²) in [4.78, 5) is 12.6. The van der Waals surface area contributed by atoms with Crippen molar-refractivity contribution in [3.63, 3.8) is 0 Å². The van der Waals surface area contributed by atoms with E-state index >= 15 is 0 Å². The van der Waals surface area contributed by atoms with Gasteiger partial charge in [-0.3, -0.25) is 4.79 Å². The highest BCUT2D eigenvalue weighted by Crippen LogP contribution is 2.26. The Hall–Kier alpha value is -0.470. The first kappa shape index (κ1) is 11.6. The van der Waals surface area contributed by atoms with Crippen LogP contribution in [0.4, 0.5) is 0 Å². The van der Waals surface area contributed by atoms with E-state index in [9.17, 15) is 4.79 Å². The van der Waals surface area contributed by atoms with Gasteiger partial charge in [0.2, 0.25) is 0 Å². The van der Waals surface area contributed by atoms with Crippen LogP contribution in [0.5, 0.6) is 0 Å². The van der Waals surface area contributed by atoms with Gasteiger partial charge in [-0.15, -0.1) is 11.8 Å². The molecule has 1 nitrogen and oxygen atoms in total. The number of carbonyl (C=O) groups is 1. The SMILES string of the molecule is CSc1ccc(C(=O)C(C)C)cc1Cl. The Kier molecular flexibility index (Phi) is 4.02. The molecule has 0 heterocycles. The van der Waals surface area contributed by atoms with E-state index in [1.165, 1.54) is 0 Å². The van der Waals surface area contributed by atoms with E-state index in [0.29, 0.717) is 10.6 Å². The van der Waals surface area contributed by atoms with Gasteiger partial charge in [-0.05, 0) is 18.4 Å². The standard InChI is InChI=1S/C11H13ClOS/c1-7(2)11(13)8-4-5-10(14-3)9(12)6-8/h4-7H,1-3H3. The van der Waals surface area contributed by atoms with Crippen molar-refractivity contribution in [2.75, 3.05) is 6.26 Å². The van der Waals surface area contributed by atoms with E-state index in [-0.39, 0.29) is 11.7 Å². The summed E-state index contributed by atoms with van der Waals surface area (Å²) in [5, 5.41) is 0.656. The Labute approximate surface area is 93.8 Å². The van der Waals surface area contributed by atoms with Crippen LogP contribution >= 0.6 is 23.4 Å². The molecule has 0 aliphatic rings. The minimum Gasteiger partial charge on any atom is -0.294 e. The zero-order chi connectivity index (χ0) is 10.7. The molecule has 0 atom stereocenters. The predicted octanol–water partition coefficient (Wildman–Crippen LogP) is 3.90. The molecule has 0 bridgehead atoms. The Balaban J connectivity index is 3.03. The van der Waals surface area contributed by atoms with Gasteiger partial charge in [0.15, 0.2) is 5.78 Å². The van der Waals surface area contributed by atoms with Crippen molar-refractivity contribution in [3.05, 3.63) is 28.8 Å². The number of halogens is 1. The van der Waals surface area contributed by atoms with Crippen LogP contribution in [0.2, 0.25) is 5.02 Å². The second kappa shape index (κ2) is 4.85. The van der Waals surface area contributed by atoms with Gasteiger partial charge >= 0.3 is 0 Å². The molecule has 0 radical (unpaired) electrons. The molecule has 0 spiro atoms. The highest BCUT2D eigenvalue weighted by atomic mass is 35.5. The van der Waals surface area contributed by atoms with Gasteiger partial charge in [-0.2, -0.15) is 0 Å². The largest absolute Gasteiger partial charge is 0.294 e. The van der Waals surface area contributed by atoms with Crippen LogP contribution in [0.1, 0.15) is 24.2 Å². The van der Waals surface area contributed by atoms with E-state index in [2.05, 4.69) is 0 Å². The Morgan fingerprint density at radius 1 is 1.43 bits per heavy atom. The number of benzene rings is 1. The molecule has 0 unspecified atom stereocenters. The average Bonchev–Trinajstić information content (AvgIpc) is 2.16. The first-order valence-electron chi connectivity index (χ1n) is 4.44. The molecule has 0 saturated heterocycles. The molecule has 0 fully saturated rings. The van der Waals surface area contributed by atoms with Crippen LogP contribution in [-0.4, -0.2) is 12.0 Å². The van der Waals surface area contributed by atoms with Gasteiger partial charge in [-0.1, -0.05) is 31.5 Å². The van der Waals surface area contributed by atoms with Crippen molar-refractivity contribution in [1.82, 2.24) is 0 Å². The van der Waals surface area contributed by atoms with Crippen molar-refractivity contribution < 1.29 is 4.79 Å². The topological polar surface area (TPSA) is 17.1 Å². The number of carbonyl (C=O) groups excluding carboxylic acids is 1. The lowest BCUT2D eigenvalue weighted by atomic mass is 10.0. The van der Waals surface area contributed by atoms with Crippen molar-refractivity contribution >= 4 is 29.1 Å². The second-order valence-electron chi connectivity index (χ2n) is 3.37. The summed E-state index contributed by atoms with van der Waals surface area (Å²) < 4.78 is 0. The zero-order valence-electron chi connectivity index (χ0n) is 8.50. The summed E-state index contributed by atoms with van der Waals surface area (Å²) in [5.74, 6) is 0.158.